The Morgan fingerprint density at radius 3 is 1.55 bits per heavy atom. The van der Waals surface area contributed by atoms with Gasteiger partial charge in [0.15, 0.2) is 0 Å². The van der Waals surface area contributed by atoms with Gasteiger partial charge < -0.3 is 9.13 Å². The summed E-state index contributed by atoms with van der Waals surface area (Å²) in [6.07, 6.45) is 2.52. The van der Waals surface area contributed by atoms with Crippen molar-refractivity contribution in [3.05, 3.63) is 157 Å². The standard InChI is InChI=1S/C56H56N2Si2/c1-55(2)30-33-60(7,8)53-35-38(24-27-46(53)55)41-20-15-19-40(37-25-29-52-47(34-37)56(3,4)31-32-59(52,5)6)54(41)58-50-23-14-11-18-44(50)45-36-39(26-28-51(45)58)57-48-21-12-9-16-42(48)43-17-10-13-22-49(43)57/h9-29,34-36H,30-33H2,1-8H3. The van der Waals surface area contributed by atoms with Crippen LogP contribution in [0.5, 0.6) is 0 Å². The fourth-order valence-electron chi connectivity index (χ4n) is 11.3. The van der Waals surface area contributed by atoms with Gasteiger partial charge in [0.25, 0.3) is 0 Å². The van der Waals surface area contributed by atoms with Gasteiger partial charge in [-0.25, -0.2) is 0 Å². The summed E-state index contributed by atoms with van der Waals surface area (Å²) in [7, 11) is -3.17. The number of hydrogen-bond donors (Lipinski definition) is 0. The molecule has 9 aromatic rings. The Bertz CT molecular complexity index is 3070. The summed E-state index contributed by atoms with van der Waals surface area (Å²) >= 11 is 0. The van der Waals surface area contributed by atoms with Gasteiger partial charge in [-0.05, 0) is 82.3 Å². The van der Waals surface area contributed by atoms with E-state index >= 15 is 0 Å². The molecule has 298 valence electrons. The Balaban J connectivity index is 1.22. The molecule has 0 bridgehead atoms. The van der Waals surface area contributed by atoms with Crippen LogP contribution in [0.2, 0.25) is 38.3 Å². The molecule has 7 aromatic carbocycles. The topological polar surface area (TPSA) is 9.86 Å². The Labute approximate surface area is 357 Å². The van der Waals surface area contributed by atoms with Crippen molar-refractivity contribution in [3.63, 3.8) is 0 Å². The van der Waals surface area contributed by atoms with Gasteiger partial charge in [0.2, 0.25) is 0 Å². The van der Waals surface area contributed by atoms with Gasteiger partial charge in [-0.15, -0.1) is 0 Å². The second-order valence-electron chi connectivity index (χ2n) is 20.7. The summed E-state index contributed by atoms with van der Waals surface area (Å²) in [6.45, 7) is 20.2. The highest BCUT2D eigenvalue weighted by Crippen LogP contribution is 2.46. The highest BCUT2D eigenvalue weighted by molar-refractivity contribution is 6.91. The van der Waals surface area contributed by atoms with E-state index in [1.807, 2.05) is 0 Å². The quantitative estimate of drug-likeness (QED) is 0.157. The Morgan fingerprint density at radius 2 is 0.917 bits per heavy atom. The van der Waals surface area contributed by atoms with E-state index in [2.05, 4.69) is 209 Å². The molecule has 2 nitrogen and oxygen atoms in total. The molecule has 60 heavy (non-hydrogen) atoms. The third-order valence-corrected chi connectivity index (χ3v) is 21.8. The minimum Gasteiger partial charge on any atom is -0.309 e. The van der Waals surface area contributed by atoms with Crippen LogP contribution in [0.25, 0.3) is 77.2 Å². The lowest BCUT2D eigenvalue weighted by Gasteiger charge is -2.41. The van der Waals surface area contributed by atoms with Crippen molar-refractivity contribution in [1.29, 1.82) is 0 Å². The molecule has 0 atom stereocenters. The predicted molar refractivity (Wildman–Crippen MR) is 265 cm³/mol. The summed E-state index contributed by atoms with van der Waals surface area (Å²) in [4.78, 5) is 0. The Kier molecular flexibility index (Phi) is 8.16. The number of para-hydroxylation sites is 4. The first-order valence-corrected chi connectivity index (χ1v) is 28.6. The van der Waals surface area contributed by atoms with Crippen LogP contribution in [0.1, 0.15) is 51.7 Å². The smallest absolute Gasteiger partial charge is 0.0810 e. The fraction of sp³-hybridized carbons (Fsp3) is 0.250. The highest BCUT2D eigenvalue weighted by atomic mass is 28.3. The highest BCUT2D eigenvalue weighted by Gasteiger charge is 2.40. The first-order chi connectivity index (χ1) is 28.7. The molecular formula is C56H56N2Si2. The second kappa shape index (κ2) is 13.0. The molecule has 2 aliphatic heterocycles. The molecule has 0 spiro atoms. The summed E-state index contributed by atoms with van der Waals surface area (Å²) in [6, 6.07) is 58.9. The molecule has 0 amide bonds. The van der Waals surface area contributed by atoms with Gasteiger partial charge in [0.1, 0.15) is 0 Å². The molecule has 0 radical (unpaired) electrons. The lowest BCUT2D eigenvalue weighted by molar-refractivity contribution is 0.498. The summed E-state index contributed by atoms with van der Waals surface area (Å²) < 4.78 is 5.07. The average Bonchev–Trinajstić information content (AvgIpc) is 3.76. The zero-order valence-corrected chi connectivity index (χ0v) is 38.6. The van der Waals surface area contributed by atoms with Gasteiger partial charge >= 0.3 is 0 Å². The van der Waals surface area contributed by atoms with E-state index in [4.69, 9.17) is 0 Å². The summed E-state index contributed by atoms with van der Waals surface area (Å²) in [5.74, 6) is 0. The van der Waals surface area contributed by atoms with Crippen LogP contribution in [0.4, 0.5) is 0 Å². The lowest BCUT2D eigenvalue weighted by atomic mass is 9.80. The third-order valence-electron chi connectivity index (χ3n) is 15.1. The van der Waals surface area contributed by atoms with E-state index in [0.717, 1.165) is 0 Å². The van der Waals surface area contributed by atoms with E-state index < -0.39 is 16.1 Å². The van der Waals surface area contributed by atoms with Crippen LogP contribution in [0.15, 0.2) is 146 Å². The maximum absolute atomic E-state index is 2.61. The van der Waals surface area contributed by atoms with Crippen molar-refractivity contribution >= 4 is 70.1 Å². The lowest BCUT2D eigenvalue weighted by Crippen LogP contribution is -2.51. The van der Waals surface area contributed by atoms with Crippen LogP contribution in [0.3, 0.4) is 0 Å². The SMILES string of the molecule is CC1(C)CC[Si](C)(C)c2ccc(-c3cccc(-c4ccc5c(c4)[Si](C)(C)CCC5(C)C)c3-n3c4ccccc4c4cc(-n5c6ccccc6c6ccccc65)ccc43)cc21. The number of benzene rings is 7. The first-order valence-electron chi connectivity index (χ1n) is 22.2. The Morgan fingerprint density at radius 1 is 0.417 bits per heavy atom. The monoisotopic (exact) mass is 812 g/mol. The number of hydrogen-bond acceptors (Lipinski definition) is 0. The van der Waals surface area contributed by atoms with Crippen molar-refractivity contribution < 1.29 is 0 Å². The van der Waals surface area contributed by atoms with Crippen molar-refractivity contribution in [3.8, 4) is 33.6 Å². The van der Waals surface area contributed by atoms with E-state index in [1.165, 1.54) is 102 Å². The van der Waals surface area contributed by atoms with Gasteiger partial charge in [0, 0.05) is 38.4 Å². The zero-order chi connectivity index (χ0) is 41.3. The fourth-order valence-corrected chi connectivity index (χ4v) is 17.7. The average molecular weight is 813 g/mol. The first kappa shape index (κ1) is 37.6. The zero-order valence-electron chi connectivity index (χ0n) is 36.6. The number of aromatic nitrogens is 2. The molecule has 2 aromatic heterocycles. The molecule has 0 N–H and O–H groups in total. The van der Waals surface area contributed by atoms with Crippen LogP contribution < -0.4 is 10.4 Å². The molecule has 2 aliphatic rings. The van der Waals surface area contributed by atoms with Gasteiger partial charge in [0.05, 0.1) is 43.9 Å². The summed E-state index contributed by atoms with van der Waals surface area (Å²) in [5.41, 5.74) is 16.1. The second-order valence-corrected chi connectivity index (χ2v) is 30.3. The number of rotatable bonds is 4. The minimum atomic E-state index is -1.64. The van der Waals surface area contributed by atoms with Crippen molar-refractivity contribution in [2.75, 3.05) is 0 Å². The van der Waals surface area contributed by atoms with Gasteiger partial charge in [-0.1, -0.05) is 186 Å². The maximum Gasteiger partial charge on any atom is 0.0810 e. The minimum absolute atomic E-state index is 0.142. The molecule has 11 rings (SSSR count). The van der Waals surface area contributed by atoms with Crippen molar-refractivity contribution in [2.24, 2.45) is 0 Å². The van der Waals surface area contributed by atoms with Gasteiger partial charge in [-0.3, -0.25) is 0 Å². The van der Waals surface area contributed by atoms with E-state index in [9.17, 15) is 0 Å². The van der Waals surface area contributed by atoms with Crippen LogP contribution >= 0.6 is 0 Å². The molecule has 4 heteroatoms. The van der Waals surface area contributed by atoms with E-state index in [0.29, 0.717) is 0 Å². The Hall–Kier alpha value is -5.43. The van der Waals surface area contributed by atoms with Crippen molar-refractivity contribution in [2.45, 2.75) is 89.6 Å². The predicted octanol–water partition coefficient (Wildman–Crippen LogP) is 14.4. The number of fused-ring (bicyclic) bond motifs is 8. The molecule has 0 saturated heterocycles. The van der Waals surface area contributed by atoms with Crippen LogP contribution in [-0.4, -0.2) is 25.3 Å². The van der Waals surface area contributed by atoms with Crippen LogP contribution in [-0.2, 0) is 10.8 Å². The molecule has 0 fully saturated rings. The van der Waals surface area contributed by atoms with E-state index in [1.54, 1.807) is 21.5 Å². The maximum atomic E-state index is 2.61. The third kappa shape index (κ3) is 5.56. The normalized spacial score (nSPS) is 17.6. The van der Waals surface area contributed by atoms with Crippen LogP contribution in [0, 0.1) is 0 Å². The molecule has 0 unspecified atom stereocenters. The van der Waals surface area contributed by atoms with Gasteiger partial charge in [-0.2, -0.15) is 0 Å². The summed E-state index contributed by atoms with van der Waals surface area (Å²) in [5, 5.41) is 8.38. The largest absolute Gasteiger partial charge is 0.309 e. The molecule has 4 heterocycles. The molecule has 0 aliphatic carbocycles. The molecule has 0 saturated carbocycles. The number of nitrogens with zero attached hydrogens (tertiary/aromatic N) is 2. The van der Waals surface area contributed by atoms with E-state index in [-0.39, 0.29) is 10.8 Å². The molecular weight excluding hydrogens is 757 g/mol. The van der Waals surface area contributed by atoms with Crippen molar-refractivity contribution in [1.82, 2.24) is 9.13 Å².